The van der Waals surface area contributed by atoms with Crippen LogP contribution in [0.3, 0.4) is 0 Å². The van der Waals surface area contributed by atoms with E-state index >= 15 is 0 Å². The summed E-state index contributed by atoms with van der Waals surface area (Å²) in [7, 11) is -3.07. The number of terminal acetylenes is 2. The summed E-state index contributed by atoms with van der Waals surface area (Å²) in [4.78, 5) is 1.86. The quantitative estimate of drug-likeness (QED) is 0.507. The van der Waals surface area contributed by atoms with Crippen LogP contribution in [0.15, 0.2) is 95.7 Å². The van der Waals surface area contributed by atoms with Crippen LogP contribution in [0.2, 0.25) is 0 Å². The summed E-state index contributed by atoms with van der Waals surface area (Å²) in [6.45, 7) is 7.94. The maximum absolute atomic E-state index is 13.1. The van der Waals surface area contributed by atoms with Gasteiger partial charge in [-0.25, -0.2) is 8.42 Å². The average Bonchev–Trinajstić information content (AvgIpc) is 2.82. The number of benzene rings is 3. The molecule has 146 valence electrons. The zero-order valence-electron chi connectivity index (χ0n) is 16.1. The third kappa shape index (κ3) is 4.58. The molecule has 2 nitrogen and oxygen atoms in total. The molecule has 0 saturated carbocycles. The molecule has 0 amide bonds. The van der Waals surface area contributed by atoms with Crippen molar-refractivity contribution in [3.63, 3.8) is 0 Å². The van der Waals surface area contributed by atoms with Crippen LogP contribution in [0.1, 0.15) is 22.3 Å². The predicted octanol–water partition coefficient (Wildman–Crippen LogP) is 5.21. The lowest BCUT2D eigenvalue weighted by molar-refractivity contribution is 0.687. The van der Waals surface area contributed by atoms with Crippen molar-refractivity contribution in [1.82, 2.24) is 0 Å². The Hall–Kier alpha value is -3.44. The molecule has 0 heterocycles. The van der Waals surface area contributed by atoms with E-state index in [1.54, 1.807) is 60.7 Å². The van der Waals surface area contributed by atoms with Gasteiger partial charge in [-0.2, -0.15) is 0 Å². The Balaban J connectivity index is 1.88. The zero-order chi connectivity index (χ0) is 21.7. The molecule has 0 aromatic heterocycles. The van der Waals surface area contributed by atoms with Crippen molar-refractivity contribution in [2.75, 3.05) is 0 Å². The first-order valence-corrected chi connectivity index (χ1v) is 11.2. The van der Waals surface area contributed by atoms with Crippen LogP contribution in [0.4, 0.5) is 0 Å². The molecule has 4 heteroatoms. The van der Waals surface area contributed by atoms with Crippen LogP contribution < -0.4 is 0 Å². The molecule has 0 fully saturated rings. The molecule has 3 rings (SSSR count). The Labute approximate surface area is 182 Å². The Kier molecular flexibility index (Phi) is 6.65. The van der Waals surface area contributed by atoms with Crippen molar-refractivity contribution in [3.05, 3.63) is 108 Å². The van der Waals surface area contributed by atoms with Gasteiger partial charge >= 0.3 is 0 Å². The highest BCUT2D eigenvalue weighted by atomic mass is 32.2. The maximum atomic E-state index is 13.1. The second-order valence-corrected chi connectivity index (χ2v) is 9.31. The monoisotopic (exact) mass is 426 g/mol. The summed E-state index contributed by atoms with van der Waals surface area (Å²) in [5.74, 6) is 5.12. The largest absolute Gasteiger partial charge is 0.249 e. The molecule has 0 radical (unpaired) electrons. The lowest BCUT2D eigenvalue weighted by Gasteiger charge is -2.10. The normalized spacial score (nSPS) is 12.2. The van der Waals surface area contributed by atoms with Crippen molar-refractivity contribution < 1.29 is 8.42 Å². The Morgan fingerprint density at radius 3 is 1.47 bits per heavy atom. The molecule has 3 aromatic carbocycles. The van der Waals surface area contributed by atoms with E-state index in [4.69, 9.17) is 12.8 Å². The smallest absolute Gasteiger partial charge is 0.0850 e. The fourth-order valence-electron chi connectivity index (χ4n) is 2.77. The highest BCUT2D eigenvalue weighted by Crippen LogP contribution is 2.28. The van der Waals surface area contributed by atoms with Crippen LogP contribution in [-0.2, 0) is 21.6 Å². The van der Waals surface area contributed by atoms with Crippen molar-refractivity contribution in [3.8, 4) is 24.7 Å². The highest BCUT2D eigenvalue weighted by molar-refractivity contribution is 7.95. The number of rotatable bonds is 6. The topological polar surface area (TPSA) is 34.1 Å². The lowest BCUT2D eigenvalue weighted by atomic mass is 10.1. The molecule has 0 aliphatic rings. The Morgan fingerprint density at radius 2 is 1.07 bits per heavy atom. The van der Waals surface area contributed by atoms with E-state index in [0.29, 0.717) is 41.9 Å². The summed E-state index contributed by atoms with van der Waals surface area (Å²) in [5, 5.41) is 0. The van der Waals surface area contributed by atoms with Crippen LogP contribution in [0.5, 0.6) is 0 Å². The van der Waals surface area contributed by atoms with Gasteiger partial charge < -0.3 is 0 Å². The van der Waals surface area contributed by atoms with Gasteiger partial charge in [0.2, 0.25) is 0 Å². The van der Waals surface area contributed by atoms with E-state index in [1.165, 1.54) is 0 Å². The van der Waals surface area contributed by atoms with Crippen molar-refractivity contribution in [1.29, 1.82) is 0 Å². The van der Waals surface area contributed by atoms with Gasteiger partial charge in [0.15, 0.2) is 0 Å². The third-order valence-electron chi connectivity index (χ3n) is 4.38. The molecular weight excluding hydrogens is 408 g/mol. The zero-order valence-corrected chi connectivity index (χ0v) is 17.8. The molecule has 0 aliphatic heterocycles. The predicted molar refractivity (Wildman–Crippen MR) is 126 cm³/mol. The molecule has 2 atom stereocenters. The van der Waals surface area contributed by atoms with E-state index in [-0.39, 0.29) is 0 Å². The highest BCUT2D eigenvalue weighted by Gasteiger charge is 2.15. The first-order valence-electron chi connectivity index (χ1n) is 8.90. The van der Waals surface area contributed by atoms with E-state index in [2.05, 4.69) is 25.0 Å². The molecule has 30 heavy (non-hydrogen) atoms. The lowest BCUT2D eigenvalue weighted by Crippen LogP contribution is -1.99. The number of hydrogen-bond acceptors (Lipinski definition) is 2. The fourth-order valence-corrected chi connectivity index (χ4v) is 4.97. The van der Waals surface area contributed by atoms with Gasteiger partial charge in [-0.1, -0.05) is 55.3 Å². The van der Waals surface area contributed by atoms with Gasteiger partial charge in [0.1, 0.15) is 0 Å². The second-order valence-electron chi connectivity index (χ2n) is 6.31. The van der Waals surface area contributed by atoms with Crippen molar-refractivity contribution >= 4 is 31.4 Å². The minimum absolute atomic E-state index is 0.426. The minimum atomic E-state index is -1.53. The van der Waals surface area contributed by atoms with Crippen LogP contribution >= 0.6 is 0 Å². The van der Waals surface area contributed by atoms with E-state index in [9.17, 15) is 8.42 Å². The molecule has 0 spiro atoms. The molecular formula is C26H18O2S2. The molecule has 3 aromatic rings. The standard InChI is InChI=1S/C26H18O2S2/c1-5-21-10-7-12-23(16-21)19(3)29(27)25-14-9-15-26(18-25)30(28)20(4)24-13-8-11-22(6-2)17-24/h1-2,7-18H,3-4H2. The average molecular weight is 427 g/mol. The van der Waals surface area contributed by atoms with Gasteiger partial charge in [-0.05, 0) is 53.6 Å². The van der Waals surface area contributed by atoms with Crippen molar-refractivity contribution in [2.45, 2.75) is 9.79 Å². The molecule has 0 aliphatic carbocycles. The van der Waals surface area contributed by atoms with Gasteiger partial charge in [0.05, 0.1) is 21.6 Å². The van der Waals surface area contributed by atoms with Gasteiger partial charge in [-0.3, -0.25) is 0 Å². The summed E-state index contributed by atoms with van der Waals surface area (Å²) >= 11 is 0. The van der Waals surface area contributed by atoms with E-state index in [1.807, 2.05) is 12.1 Å². The first-order chi connectivity index (χ1) is 14.4. The SMILES string of the molecule is C#Cc1cccc(C(=C)S(=O)c2cccc(S(=O)C(=C)c3cccc(C#C)c3)c2)c1. The first kappa shape index (κ1) is 21.3. The van der Waals surface area contributed by atoms with Gasteiger partial charge in [-0.15, -0.1) is 12.8 Å². The minimum Gasteiger partial charge on any atom is -0.249 e. The van der Waals surface area contributed by atoms with Gasteiger partial charge in [0.25, 0.3) is 0 Å². The van der Waals surface area contributed by atoms with Crippen LogP contribution in [0, 0.1) is 24.7 Å². The Morgan fingerprint density at radius 1 is 0.667 bits per heavy atom. The molecule has 0 saturated heterocycles. The molecule has 2 unspecified atom stereocenters. The molecule has 0 N–H and O–H groups in total. The second kappa shape index (κ2) is 9.37. The third-order valence-corrected chi connectivity index (χ3v) is 7.11. The van der Waals surface area contributed by atoms with E-state index < -0.39 is 21.6 Å². The number of hydrogen-bond donors (Lipinski definition) is 0. The molecule has 0 bridgehead atoms. The summed E-state index contributed by atoms with van der Waals surface area (Å²) in [5.41, 5.74) is 2.77. The van der Waals surface area contributed by atoms with Crippen molar-refractivity contribution in [2.24, 2.45) is 0 Å². The summed E-state index contributed by atoms with van der Waals surface area (Å²) < 4.78 is 26.1. The summed E-state index contributed by atoms with van der Waals surface area (Å²) in [6.07, 6.45) is 10.9. The summed E-state index contributed by atoms with van der Waals surface area (Å²) in [6, 6.07) is 21.1. The van der Waals surface area contributed by atoms with Crippen LogP contribution in [-0.4, -0.2) is 8.42 Å². The maximum Gasteiger partial charge on any atom is 0.0850 e. The van der Waals surface area contributed by atoms with Crippen LogP contribution in [0.25, 0.3) is 9.81 Å². The van der Waals surface area contributed by atoms with E-state index in [0.717, 1.165) is 0 Å². The fraction of sp³-hybridized carbons (Fsp3) is 0. The van der Waals surface area contributed by atoms with Gasteiger partial charge in [0, 0.05) is 30.7 Å². The Bertz CT molecular complexity index is 1190.